The molecular formula is C16H17ClN4O2S. The number of rotatable bonds is 2. The Bertz CT molecular complexity index is 760. The van der Waals surface area contributed by atoms with E-state index in [0.717, 1.165) is 29.4 Å². The summed E-state index contributed by atoms with van der Waals surface area (Å²) in [5.74, 6) is 0.542. The summed E-state index contributed by atoms with van der Waals surface area (Å²) >= 11 is 7.69. The number of ether oxygens (including phenoxy) is 1. The molecule has 1 saturated heterocycles. The van der Waals surface area contributed by atoms with E-state index >= 15 is 0 Å². The standard InChI is InChI=1S/C16H17ClN4O2S/c17-14-9-11-10-21(4-2-13(11)24-14)15(22)12-1-3-18-16(19-12)20-5-7-23-8-6-20/h1,3,9H,2,4-8,10H2. The molecule has 4 rings (SSSR count). The van der Waals surface area contributed by atoms with Crippen molar-refractivity contribution in [2.24, 2.45) is 0 Å². The summed E-state index contributed by atoms with van der Waals surface area (Å²) in [6, 6.07) is 3.64. The number of aromatic nitrogens is 2. The van der Waals surface area contributed by atoms with Crippen molar-refractivity contribution >= 4 is 34.8 Å². The maximum Gasteiger partial charge on any atom is 0.272 e. The highest BCUT2D eigenvalue weighted by Crippen LogP contribution is 2.31. The van der Waals surface area contributed by atoms with Crippen molar-refractivity contribution < 1.29 is 9.53 Å². The van der Waals surface area contributed by atoms with Crippen molar-refractivity contribution in [3.05, 3.63) is 38.8 Å². The Morgan fingerprint density at radius 1 is 1.29 bits per heavy atom. The van der Waals surface area contributed by atoms with Gasteiger partial charge >= 0.3 is 0 Å². The SMILES string of the molecule is O=C(c1ccnc(N2CCOCC2)n1)N1CCc2sc(Cl)cc2C1. The summed E-state index contributed by atoms with van der Waals surface area (Å²) in [4.78, 5) is 26.8. The van der Waals surface area contributed by atoms with Crippen molar-refractivity contribution in [1.82, 2.24) is 14.9 Å². The van der Waals surface area contributed by atoms with Crippen molar-refractivity contribution in [3.8, 4) is 0 Å². The van der Waals surface area contributed by atoms with Gasteiger partial charge in [-0.3, -0.25) is 4.79 Å². The van der Waals surface area contributed by atoms with Gasteiger partial charge in [0.05, 0.1) is 17.6 Å². The minimum Gasteiger partial charge on any atom is -0.378 e. The third-order valence-electron chi connectivity index (χ3n) is 4.28. The zero-order chi connectivity index (χ0) is 16.5. The van der Waals surface area contributed by atoms with Crippen LogP contribution in [0.15, 0.2) is 18.3 Å². The van der Waals surface area contributed by atoms with Crippen molar-refractivity contribution in [2.75, 3.05) is 37.7 Å². The number of fused-ring (bicyclic) bond motifs is 1. The van der Waals surface area contributed by atoms with Crippen LogP contribution in [0, 0.1) is 0 Å². The number of morpholine rings is 1. The van der Waals surface area contributed by atoms with E-state index in [2.05, 4.69) is 9.97 Å². The quantitative estimate of drug-likeness (QED) is 0.817. The highest BCUT2D eigenvalue weighted by molar-refractivity contribution is 7.16. The molecule has 0 N–H and O–H groups in total. The fraction of sp³-hybridized carbons (Fsp3) is 0.438. The number of thiophene rings is 1. The van der Waals surface area contributed by atoms with Gasteiger partial charge in [0.1, 0.15) is 5.69 Å². The van der Waals surface area contributed by atoms with E-state index in [9.17, 15) is 4.79 Å². The molecule has 0 saturated carbocycles. The van der Waals surface area contributed by atoms with Crippen LogP contribution in [-0.2, 0) is 17.7 Å². The zero-order valence-electron chi connectivity index (χ0n) is 13.1. The number of halogens is 1. The zero-order valence-corrected chi connectivity index (χ0v) is 14.6. The predicted octanol–water partition coefficient (Wildman–Crippen LogP) is 2.23. The Kier molecular flexibility index (Phi) is 4.39. The molecule has 0 aliphatic carbocycles. The Labute approximate surface area is 149 Å². The first-order chi connectivity index (χ1) is 11.7. The third-order valence-corrected chi connectivity index (χ3v) is 5.65. The van der Waals surface area contributed by atoms with Gasteiger partial charge < -0.3 is 14.5 Å². The molecule has 2 aromatic heterocycles. The molecule has 0 bridgehead atoms. The van der Waals surface area contributed by atoms with Gasteiger partial charge in [0.2, 0.25) is 5.95 Å². The van der Waals surface area contributed by atoms with E-state index < -0.39 is 0 Å². The van der Waals surface area contributed by atoms with Crippen LogP contribution in [0.2, 0.25) is 4.34 Å². The maximum atomic E-state index is 12.8. The fourth-order valence-electron chi connectivity index (χ4n) is 3.02. The van der Waals surface area contributed by atoms with Crippen LogP contribution < -0.4 is 4.90 Å². The molecule has 8 heteroatoms. The van der Waals surface area contributed by atoms with Gasteiger partial charge in [-0.25, -0.2) is 9.97 Å². The second-order valence-corrected chi connectivity index (χ2v) is 7.58. The highest BCUT2D eigenvalue weighted by atomic mass is 35.5. The summed E-state index contributed by atoms with van der Waals surface area (Å²) < 4.78 is 6.13. The molecule has 126 valence electrons. The molecule has 0 radical (unpaired) electrons. The molecule has 24 heavy (non-hydrogen) atoms. The lowest BCUT2D eigenvalue weighted by molar-refractivity contribution is 0.0729. The number of nitrogens with zero attached hydrogens (tertiary/aromatic N) is 4. The molecule has 2 aliphatic heterocycles. The number of hydrogen-bond acceptors (Lipinski definition) is 6. The van der Waals surface area contributed by atoms with Gasteiger partial charge in [0.25, 0.3) is 5.91 Å². The summed E-state index contributed by atoms with van der Waals surface area (Å²) in [5.41, 5.74) is 1.59. The van der Waals surface area contributed by atoms with Crippen LogP contribution >= 0.6 is 22.9 Å². The number of amides is 1. The first-order valence-corrected chi connectivity index (χ1v) is 9.12. The lowest BCUT2D eigenvalue weighted by Crippen LogP contribution is -2.38. The molecule has 2 aliphatic rings. The summed E-state index contributed by atoms with van der Waals surface area (Å²) in [6.07, 6.45) is 2.50. The first kappa shape index (κ1) is 15.8. The van der Waals surface area contributed by atoms with Gasteiger partial charge in [0, 0.05) is 37.3 Å². The van der Waals surface area contributed by atoms with Gasteiger partial charge in [-0.2, -0.15) is 0 Å². The van der Waals surface area contributed by atoms with Crippen molar-refractivity contribution in [2.45, 2.75) is 13.0 Å². The number of carbonyl (C=O) groups excluding carboxylic acids is 1. The van der Waals surface area contributed by atoms with Crippen LogP contribution in [0.1, 0.15) is 20.9 Å². The summed E-state index contributed by atoms with van der Waals surface area (Å²) in [7, 11) is 0. The lowest BCUT2D eigenvalue weighted by atomic mass is 10.1. The predicted molar refractivity (Wildman–Crippen MR) is 92.8 cm³/mol. The molecular weight excluding hydrogens is 348 g/mol. The van der Waals surface area contributed by atoms with Crippen LogP contribution in [0.4, 0.5) is 5.95 Å². The third kappa shape index (κ3) is 3.11. The molecule has 0 spiro atoms. The molecule has 4 heterocycles. The first-order valence-electron chi connectivity index (χ1n) is 7.93. The Morgan fingerprint density at radius 3 is 2.96 bits per heavy atom. The number of anilines is 1. The normalized spacial score (nSPS) is 17.7. The van der Waals surface area contributed by atoms with E-state index in [-0.39, 0.29) is 5.91 Å². The topological polar surface area (TPSA) is 58.6 Å². The average molecular weight is 365 g/mol. The molecule has 1 amide bonds. The molecule has 0 aromatic carbocycles. The molecule has 2 aromatic rings. The van der Waals surface area contributed by atoms with Gasteiger partial charge in [-0.05, 0) is 24.1 Å². The highest BCUT2D eigenvalue weighted by Gasteiger charge is 2.25. The Morgan fingerprint density at radius 2 is 2.12 bits per heavy atom. The maximum absolute atomic E-state index is 12.8. The van der Waals surface area contributed by atoms with Crippen LogP contribution in [0.25, 0.3) is 0 Å². The van der Waals surface area contributed by atoms with E-state index in [4.69, 9.17) is 16.3 Å². The molecule has 0 atom stereocenters. The van der Waals surface area contributed by atoms with Crippen LogP contribution in [-0.4, -0.2) is 53.6 Å². The molecule has 6 nitrogen and oxygen atoms in total. The minimum absolute atomic E-state index is 0.0557. The van der Waals surface area contributed by atoms with Gasteiger partial charge in [-0.1, -0.05) is 11.6 Å². The monoisotopic (exact) mass is 364 g/mol. The van der Waals surface area contributed by atoms with Crippen LogP contribution in [0.3, 0.4) is 0 Å². The minimum atomic E-state index is -0.0557. The van der Waals surface area contributed by atoms with Gasteiger partial charge in [-0.15, -0.1) is 11.3 Å². The van der Waals surface area contributed by atoms with Crippen molar-refractivity contribution in [3.63, 3.8) is 0 Å². The fourth-order valence-corrected chi connectivity index (χ4v) is 4.31. The van der Waals surface area contributed by atoms with Crippen LogP contribution in [0.5, 0.6) is 0 Å². The average Bonchev–Trinajstić information content (AvgIpc) is 3.01. The second-order valence-electron chi connectivity index (χ2n) is 5.82. The molecule has 1 fully saturated rings. The smallest absolute Gasteiger partial charge is 0.272 e. The molecule has 0 unspecified atom stereocenters. The number of hydrogen-bond donors (Lipinski definition) is 0. The lowest BCUT2D eigenvalue weighted by Gasteiger charge is -2.28. The van der Waals surface area contributed by atoms with Crippen molar-refractivity contribution in [1.29, 1.82) is 0 Å². The van der Waals surface area contributed by atoms with E-state index in [1.807, 2.05) is 15.9 Å². The Balaban J connectivity index is 1.52. The number of carbonyl (C=O) groups is 1. The van der Waals surface area contributed by atoms with E-state index in [1.54, 1.807) is 23.6 Å². The summed E-state index contributed by atoms with van der Waals surface area (Å²) in [6.45, 7) is 4.11. The second kappa shape index (κ2) is 6.66. The van der Waals surface area contributed by atoms with Gasteiger partial charge in [0.15, 0.2) is 0 Å². The van der Waals surface area contributed by atoms with E-state index in [0.29, 0.717) is 37.9 Å². The van der Waals surface area contributed by atoms with E-state index in [1.165, 1.54) is 4.88 Å². The summed E-state index contributed by atoms with van der Waals surface area (Å²) in [5, 5.41) is 0. The largest absolute Gasteiger partial charge is 0.378 e. The Hall–Kier alpha value is -1.70.